The largest absolute Gasteiger partial charge is 0.385 e. The van der Waals surface area contributed by atoms with E-state index in [2.05, 4.69) is 13.8 Å². The topological polar surface area (TPSA) is 37.3 Å². The summed E-state index contributed by atoms with van der Waals surface area (Å²) in [4.78, 5) is 11.4. The van der Waals surface area contributed by atoms with Crippen LogP contribution in [-0.2, 0) is 4.79 Å². The Bertz CT molecular complexity index is 171. The van der Waals surface area contributed by atoms with Crippen molar-refractivity contribution in [2.45, 2.75) is 52.1 Å². The molecule has 1 saturated carbocycles. The van der Waals surface area contributed by atoms with Gasteiger partial charge in [-0.1, -0.05) is 20.3 Å². The number of carbonyl (C=O) groups is 1. The third-order valence-corrected chi connectivity index (χ3v) is 2.60. The lowest BCUT2D eigenvalue weighted by Crippen LogP contribution is -2.22. The van der Waals surface area contributed by atoms with Crippen LogP contribution in [0.4, 0.5) is 0 Å². The van der Waals surface area contributed by atoms with Crippen LogP contribution in [0.5, 0.6) is 0 Å². The summed E-state index contributed by atoms with van der Waals surface area (Å²) in [5.74, 6) is 1.01. The second-order valence-corrected chi connectivity index (χ2v) is 4.53. The van der Waals surface area contributed by atoms with Crippen molar-refractivity contribution >= 4 is 5.78 Å². The van der Waals surface area contributed by atoms with E-state index in [1.807, 2.05) is 0 Å². The Morgan fingerprint density at radius 1 is 1.46 bits per heavy atom. The highest BCUT2D eigenvalue weighted by Gasteiger charge is 2.33. The molecule has 1 atom stereocenters. The zero-order valence-electron chi connectivity index (χ0n) is 8.62. The van der Waals surface area contributed by atoms with E-state index >= 15 is 0 Å². The summed E-state index contributed by atoms with van der Waals surface area (Å²) < 4.78 is 0. The first kappa shape index (κ1) is 10.7. The zero-order chi connectivity index (χ0) is 9.84. The molecule has 76 valence electrons. The molecular formula is C11H20O2. The molecule has 0 spiro atoms. The van der Waals surface area contributed by atoms with Gasteiger partial charge in [-0.25, -0.2) is 0 Å². The van der Waals surface area contributed by atoms with Gasteiger partial charge in [0.25, 0.3) is 0 Å². The summed E-state index contributed by atoms with van der Waals surface area (Å²) in [6.45, 7) is 4.31. The van der Waals surface area contributed by atoms with Crippen LogP contribution in [0.3, 0.4) is 0 Å². The second-order valence-electron chi connectivity index (χ2n) is 4.53. The van der Waals surface area contributed by atoms with E-state index in [0.29, 0.717) is 18.3 Å². The van der Waals surface area contributed by atoms with Gasteiger partial charge >= 0.3 is 0 Å². The molecule has 1 fully saturated rings. The quantitative estimate of drug-likeness (QED) is 0.686. The van der Waals surface area contributed by atoms with Crippen molar-refractivity contribution in [1.29, 1.82) is 0 Å². The molecule has 1 aliphatic rings. The standard InChI is InChI=1S/C11H20O2/c1-8(2)4-3-5-10(12)11(13)9-6-7-9/h8-9,11,13H,3-7H2,1-2H3. The minimum absolute atomic E-state index is 0.0585. The molecule has 2 nitrogen and oxygen atoms in total. The number of hydrogen-bond donors (Lipinski definition) is 1. The fraction of sp³-hybridized carbons (Fsp3) is 0.909. The van der Waals surface area contributed by atoms with Crippen LogP contribution >= 0.6 is 0 Å². The molecule has 1 aliphatic carbocycles. The Balaban J connectivity index is 2.09. The molecule has 2 heteroatoms. The number of Topliss-reactive ketones (excluding diaryl/α,β-unsaturated/α-hetero) is 1. The van der Waals surface area contributed by atoms with Crippen LogP contribution in [-0.4, -0.2) is 17.0 Å². The van der Waals surface area contributed by atoms with Crippen LogP contribution in [0.1, 0.15) is 46.0 Å². The lowest BCUT2D eigenvalue weighted by Gasteiger charge is -2.08. The molecule has 0 aromatic heterocycles. The Morgan fingerprint density at radius 3 is 2.54 bits per heavy atom. The van der Waals surface area contributed by atoms with E-state index < -0.39 is 6.10 Å². The highest BCUT2D eigenvalue weighted by molar-refractivity contribution is 5.83. The van der Waals surface area contributed by atoms with Gasteiger partial charge in [0.1, 0.15) is 6.10 Å². The minimum atomic E-state index is -0.646. The Labute approximate surface area is 80.3 Å². The molecule has 13 heavy (non-hydrogen) atoms. The fourth-order valence-electron chi connectivity index (χ4n) is 1.51. The fourth-order valence-corrected chi connectivity index (χ4v) is 1.51. The smallest absolute Gasteiger partial charge is 0.161 e. The molecule has 0 bridgehead atoms. The molecule has 0 heterocycles. The van der Waals surface area contributed by atoms with Gasteiger partial charge in [-0.3, -0.25) is 4.79 Å². The average molecular weight is 184 g/mol. The molecule has 0 aromatic rings. The van der Waals surface area contributed by atoms with Gasteiger partial charge in [0.2, 0.25) is 0 Å². The number of carbonyl (C=O) groups excluding carboxylic acids is 1. The van der Waals surface area contributed by atoms with Gasteiger partial charge < -0.3 is 5.11 Å². The van der Waals surface area contributed by atoms with E-state index in [1.54, 1.807) is 0 Å². The number of rotatable bonds is 6. The molecule has 0 amide bonds. The maximum atomic E-state index is 11.4. The average Bonchev–Trinajstić information content (AvgIpc) is 2.84. The molecule has 1 rings (SSSR count). The Hall–Kier alpha value is -0.370. The summed E-state index contributed by atoms with van der Waals surface area (Å²) >= 11 is 0. The summed E-state index contributed by atoms with van der Waals surface area (Å²) in [6, 6.07) is 0. The maximum Gasteiger partial charge on any atom is 0.161 e. The predicted octanol–water partition coefficient (Wildman–Crippen LogP) is 2.15. The molecule has 0 aliphatic heterocycles. The Kier molecular flexibility index (Phi) is 3.91. The van der Waals surface area contributed by atoms with E-state index in [1.165, 1.54) is 0 Å². The van der Waals surface area contributed by atoms with Crippen molar-refractivity contribution in [3.05, 3.63) is 0 Å². The van der Waals surface area contributed by atoms with Gasteiger partial charge in [-0.2, -0.15) is 0 Å². The highest BCUT2D eigenvalue weighted by Crippen LogP contribution is 2.33. The van der Waals surface area contributed by atoms with E-state index in [4.69, 9.17) is 0 Å². The first-order chi connectivity index (χ1) is 6.11. The normalized spacial score (nSPS) is 19.1. The van der Waals surface area contributed by atoms with Crippen LogP contribution in [0.2, 0.25) is 0 Å². The lowest BCUT2D eigenvalue weighted by atomic mass is 10.0. The molecule has 1 N–H and O–H groups in total. The summed E-state index contributed by atoms with van der Waals surface area (Å²) in [7, 11) is 0. The van der Waals surface area contributed by atoms with Crippen molar-refractivity contribution in [1.82, 2.24) is 0 Å². The van der Waals surface area contributed by atoms with Gasteiger partial charge in [-0.05, 0) is 31.1 Å². The summed E-state index contributed by atoms with van der Waals surface area (Å²) in [5, 5.41) is 9.47. The van der Waals surface area contributed by atoms with Crippen LogP contribution in [0, 0.1) is 11.8 Å². The van der Waals surface area contributed by atoms with Crippen molar-refractivity contribution < 1.29 is 9.90 Å². The van der Waals surface area contributed by atoms with Crippen molar-refractivity contribution in [2.75, 3.05) is 0 Å². The first-order valence-electron chi connectivity index (χ1n) is 5.32. The van der Waals surface area contributed by atoms with E-state index in [0.717, 1.165) is 25.7 Å². The monoisotopic (exact) mass is 184 g/mol. The molecule has 1 unspecified atom stereocenters. The summed E-state index contributed by atoms with van der Waals surface area (Å²) in [6.07, 6.45) is 4.01. The second kappa shape index (κ2) is 4.75. The van der Waals surface area contributed by atoms with Gasteiger partial charge in [0, 0.05) is 6.42 Å². The van der Waals surface area contributed by atoms with Gasteiger partial charge in [-0.15, -0.1) is 0 Å². The van der Waals surface area contributed by atoms with E-state index in [-0.39, 0.29) is 5.78 Å². The number of aliphatic hydroxyl groups excluding tert-OH is 1. The lowest BCUT2D eigenvalue weighted by molar-refractivity contribution is -0.128. The number of ketones is 1. The summed E-state index contributed by atoms with van der Waals surface area (Å²) in [5.41, 5.74) is 0. The number of hydrogen-bond acceptors (Lipinski definition) is 2. The van der Waals surface area contributed by atoms with Crippen molar-refractivity contribution in [2.24, 2.45) is 11.8 Å². The van der Waals surface area contributed by atoms with Crippen molar-refractivity contribution in [3.63, 3.8) is 0 Å². The molecule has 0 radical (unpaired) electrons. The van der Waals surface area contributed by atoms with Crippen molar-refractivity contribution in [3.8, 4) is 0 Å². The molecule has 0 aromatic carbocycles. The van der Waals surface area contributed by atoms with Gasteiger partial charge in [0.05, 0.1) is 0 Å². The molecule has 0 saturated heterocycles. The van der Waals surface area contributed by atoms with Crippen LogP contribution in [0.15, 0.2) is 0 Å². The van der Waals surface area contributed by atoms with E-state index in [9.17, 15) is 9.90 Å². The third-order valence-electron chi connectivity index (χ3n) is 2.60. The van der Waals surface area contributed by atoms with Crippen LogP contribution < -0.4 is 0 Å². The van der Waals surface area contributed by atoms with Gasteiger partial charge in [0.15, 0.2) is 5.78 Å². The SMILES string of the molecule is CC(C)CCCC(=O)C(O)C1CC1. The third kappa shape index (κ3) is 3.90. The maximum absolute atomic E-state index is 11.4. The first-order valence-corrected chi connectivity index (χ1v) is 5.32. The Morgan fingerprint density at radius 2 is 2.08 bits per heavy atom. The number of aliphatic hydroxyl groups is 1. The predicted molar refractivity (Wildman–Crippen MR) is 52.4 cm³/mol. The van der Waals surface area contributed by atoms with Crippen LogP contribution in [0.25, 0.3) is 0 Å². The highest BCUT2D eigenvalue weighted by atomic mass is 16.3. The zero-order valence-corrected chi connectivity index (χ0v) is 8.62. The minimum Gasteiger partial charge on any atom is -0.385 e. The molecular weight excluding hydrogens is 164 g/mol.